The molecule has 2 rings (SSSR count). The Balaban J connectivity index is 1.98. The number of carbonyl (C=O) groups excluding carboxylic acids is 1. The summed E-state index contributed by atoms with van der Waals surface area (Å²) in [5, 5.41) is 10.8. The van der Waals surface area contributed by atoms with Crippen LogP contribution in [-0.2, 0) is 13.6 Å². The van der Waals surface area contributed by atoms with Crippen LogP contribution in [0.1, 0.15) is 16.1 Å². The third-order valence-corrected chi connectivity index (χ3v) is 2.84. The van der Waals surface area contributed by atoms with E-state index in [-0.39, 0.29) is 23.9 Å². The predicted molar refractivity (Wildman–Crippen MR) is 75.3 cm³/mol. The fraction of sp³-hybridized carbons (Fsp3) is 0.385. The Kier molecular flexibility index (Phi) is 4.36. The van der Waals surface area contributed by atoms with Crippen molar-refractivity contribution in [3.63, 3.8) is 0 Å². The molecule has 1 amide bonds. The molecule has 112 valence electrons. The summed E-state index contributed by atoms with van der Waals surface area (Å²) in [5.41, 5.74) is 0.896. The van der Waals surface area contributed by atoms with Crippen molar-refractivity contribution in [2.24, 2.45) is 7.05 Å². The van der Waals surface area contributed by atoms with Crippen molar-refractivity contribution in [3.05, 3.63) is 39.9 Å². The number of nitrogens with one attached hydrogen (secondary N) is 1. The normalized spacial score (nSPS) is 10.4. The SMILES string of the molecule is COc1nn(C)cc1C(=O)NCCn1nc(C)ccc1=O. The van der Waals surface area contributed by atoms with Gasteiger partial charge in [0.1, 0.15) is 5.56 Å². The van der Waals surface area contributed by atoms with E-state index in [4.69, 9.17) is 4.74 Å². The number of aryl methyl sites for hydroxylation is 2. The van der Waals surface area contributed by atoms with Crippen LogP contribution < -0.4 is 15.6 Å². The molecule has 8 heteroatoms. The minimum absolute atomic E-state index is 0.200. The molecule has 0 spiro atoms. The van der Waals surface area contributed by atoms with E-state index in [9.17, 15) is 9.59 Å². The van der Waals surface area contributed by atoms with Crippen molar-refractivity contribution < 1.29 is 9.53 Å². The van der Waals surface area contributed by atoms with Gasteiger partial charge in [0.05, 0.1) is 19.3 Å². The second-order valence-electron chi connectivity index (χ2n) is 4.52. The van der Waals surface area contributed by atoms with Crippen molar-refractivity contribution in [1.29, 1.82) is 0 Å². The van der Waals surface area contributed by atoms with E-state index in [1.807, 2.05) is 0 Å². The van der Waals surface area contributed by atoms with E-state index in [1.54, 1.807) is 26.2 Å². The maximum Gasteiger partial charge on any atom is 0.266 e. The summed E-state index contributed by atoms with van der Waals surface area (Å²) in [5.74, 6) is -0.0403. The first-order valence-corrected chi connectivity index (χ1v) is 6.42. The van der Waals surface area contributed by atoms with Gasteiger partial charge in [0.15, 0.2) is 0 Å². The third kappa shape index (κ3) is 3.47. The van der Waals surface area contributed by atoms with Crippen molar-refractivity contribution in [1.82, 2.24) is 24.9 Å². The minimum atomic E-state index is -0.305. The second kappa shape index (κ2) is 6.21. The Bertz CT molecular complexity index is 704. The molecule has 0 aromatic carbocycles. The molecule has 0 unspecified atom stereocenters. The van der Waals surface area contributed by atoms with Gasteiger partial charge < -0.3 is 10.1 Å². The van der Waals surface area contributed by atoms with E-state index in [2.05, 4.69) is 15.5 Å². The summed E-state index contributed by atoms with van der Waals surface area (Å²) < 4.78 is 7.84. The summed E-state index contributed by atoms with van der Waals surface area (Å²) in [4.78, 5) is 23.6. The topological polar surface area (TPSA) is 91.0 Å². The lowest BCUT2D eigenvalue weighted by molar-refractivity contribution is 0.0948. The van der Waals surface area contributed by atoms with Crippen molar-refractivity contribution >= 4 is 5.91 Å². The lowest BCUT2D eigenvalue weighted by Crippen LogP contribution is -2.32. The van der Waals surface area contributed by atoms with Crippen LogP contribution in [0.3, 0.4) is 0 Å². The van der Waals surface area contributed by atoms with Crippen LogP contribution in [0, 0.1) is 6.92 Å². The predicted octanol–water partition coefficient (Wildman–Crippen LogP) is -0.276. The molecule has 2 aromatic heterocycles. The summed E-state index contributed by atoms with van der Waals surface area (Å²) >= 11 is 0. The lowest BCUT2D eigenvalue weighted by Gasteiger charge is -2.07. The maximum absolute atomic E-state index is 12.0. The first kappa shape index (κ1) is 14.8. The average molecular weight is 291 g/mol. The van der Waals surface area contributed by atoms with Gasteiger partial charge in [-0.1, -0.05) is 0 Å². The van der Waals surface area contributed by atoms with Crippen LogP contribution in [0.15, 0.2) is 23.1 Å². The number of rotatable bonds is 5. The van der Waals surface area contributed by atoms with Gasteiger partial charge in [-0.25, -0.2) is 4.68 Å². The van der Waals surface area contributed by atoms with Gasteiger partial charge in [-0.2, -0.15) is 5.10 Å². The molecular formula is C13H17N5O3. The number of hydrogen-bond acceptors (Lipinski definition) is 5. The highest BCUT2D eigenvalue weighted by molar-refractivity contribution is 5.96. The molecule has 0 aliphatic rings. The van der Waals surface area contributed by atoms with Crippen molar-refractivity contribution in [2.75, 3.05) is 13.7 Å². The Morgan fingerprint density at radius 1 is 1.38 bits per heavy atom. The average Bonchev–Trinajstić information content (AvgIpc) is 2.83. The summed E-state index contributed by atoms with van der Waals surface area (Å²) in [7, 11) is 3.16. The van der Waals surface area contributed by atoms with Crippen molar-refractivity contribution in [3.8, 4) is 5.88 Å². The second-order valence-corrected chi connectivity index (χ2v) is 4.52. The largest absolute Gasteiger partial charge is 0.479 e. The van der Waals surface area contributed by atoms with Gasteiger partial charge in [-0.15, -0.1) is 5.10 Å². The smallest absolute Gasteiger partial charge is 0.266 e. The van der Waals surface area contributed by atoms with Crippen LogP contribution in [0.4, 0.5) is 0 Å². The number of methoxy groups -OCH3 is 1. The number of carbonyl (C=O) groups is 1. The quantitative estimate of drug-likeness (QED) is 0.818. The molecule has 0 atom stereocenters. The van der Waals surface area contributed by atoms with Gasteiger partial charge in [0, 0.05) is 25.9 Å². The molecule has 2 heterocycles. The van der Waals surface area contributed by atoms with Crippen molar-refractivity contribution in [2.45, 2.75) is 13.5 Å². The molecule has 0 aliphatic carbocycles. The first-order valence-electron chi connectivity index (χ1n) is 6.42. The van der Waals surface area contributed by atoms with Crippen LogP contribution in [0.25, 0.3) is 0 Å². The highest BCUT2D eigenvalue weighted by atomic mass is 16.5. The standard InChI is InChI=1S/C13H17N5O3/c1-9-4-5-11(19)18(15-9)7-6-14-12(20)10-8-17(2)16-13(10)21-3/h4-5,8H,6-7H2,1-3H3,(H,14,20). The third-order valence-electron chi connectivity index (χ3n) is 2.84. The molecule has 1 N–H and O–H groups in total. The van der Waals surface area contributed by atoms with Gasteiger partial charge in [-0.05, 0) is 13.0 Å². The Hall–Kier alpha value is -2.64. The minimum Gasteiger partial charge on any atom is -0.479 e. The number of aromatic nitrogens is 4. The molecule has 8 nitrogen and oxygen atoms in total. The summed E-state index contributed by atoms with van der Waals surface area (Å²) in [6, 6.07) is 3.10. The van der Waals surface area contributed by atoms with Crippen LogP contribution in [0.2, 0.25) is 0 Å². The van der Waals surface area contributed by atoms with E-state index >= 15 is 0 Å². The molecule has 21 heavy (non-hydrogen) atoms. The fourth-order valence-corrected chi connectivity index (χ4v) is 1.86. The van der Waals surface area contributed by atoms with Crippen LogP contribution >= 0.6 is 0 Å². The molecule has 0 aliphatic heterocycles. The van der Waals surface area contributed by atoms with Gasteiger partial charge in [0.25, 0.3) is 11.5 Å². The molecular weight excluding hydrogens is 274 g/mol. The highest BCUT2D eigenvalue weighted by Crippen LogP contribution is 2.13. The molecule has 0 saturated carbocycles. The lowest BCUT2D eigenvalue weighted by atomic mass is 10.3. The van der Waals surface area contributed by atoms with E-state index in [1.165, 1.54) is 22.5 Å². The van der Waals surface area contributed by atoms with Crippen LogP contribution in [-0.4, -0.2) is 39.1 Å². The zero-order valence-electron chi connectivity index (χ0n) is 12.2. The summed E-state index contributed by atoms with van der Waals surface area (Å²) in [6.07, 6.45) is 1.57. The number of ether oxygens (including phenoxy) is 1. The molecule has 0 radical (unpaired) electrons. The highest BCUT2D eigenvalue weighted by Gasteiger charge is 2.15. The molecule has 0 bridgehead atoms. The number of hydrogen-bond donors (Lipinski definition) is 1. The van der Waals surface area contributed by atoms with Crippen LogP contribution in [0.5, 0.6) is 5.88 Å². The zero-order chi connectivity index (χ0) is 15.4. The fourth-order valence-electron chi connectivity index (χ4n) is 1.86. The first-order chi connectivity index (χ1) is 10.0. The number of amides is 1. The zero-order valence-corrected chi connectivity index (χ0v) is 12.2. The summed E-state index contributed by atoms with van der Waals surface area (Å²) in [6.45, 7) is 2.39. The van der Waals surface area contributed by atoms with Gasteiger partial charge >= 0.3 is 0 Å². The van der Waals surface area contributed by atoms with E-state index < -0.39 is 0 Å². The van der Waals surface area contributed by atoms with Gasteiger partial charge in [-0.3, -0.25) is 14.3 Å². The maximum atomic E-state index is 12.0. The Labute approximate surface area is 121 Å². The monoisotopic (exact) mass is 291 g/mol. The van der Waals surface area contributed by atoms with E-state index in [0.717, 1.165) is 5.69 Å². The Morgan fingerprint density at radius 2 is 2.14 bits per heavy atom. The molecule has 0 saturated heterocycles. The van der Waals surface area contributed by atoms with E-state index in [0.29, 0.717) is 12.1 Å². The Morgan fingerprint density at radius 3 is 2.86 bits per heavy atom. The number of nitrogens with zero attached hydrogens (tertiary/aromatic N) is 4. The molecule has 2 aromatic rings. The van der Waals surface area contributed by atoms with Gasteiger partial charge in [0.2, 0.25) is 5.88 Å². The molecule has 0 fully saturated rings.